The number of aromatic nitrogens is 4. The van der Waals surface area contributed by atoms with Gasteiger partial charge in [0.2, 0.25) is 16.5 Å². The molecule has 0 aliphatic heterocycles. The van der Waals surface area contributed by atoms with Gasteiger partial charge in [0.15, 0.2) is 0 Å². The molecule has 17 heavy (non-hydrogen) atoms. The molecular weight excluding hydrogens is 261 g/mol. The zero-order valence-electron chi connectivity index (χ0n) is 8.93. The standard InChI is InChI=1S/C10H9Cl2N5/c1-6(7-3-2-4-13-5-7)14-10-16-8(11)15-9(12)17-10/h2-6H,1H3,(H,14,15,16,17). The molecule has 0 aliphatic carbocycles. The zero-order chi connectivity index (χ0) is 12.3. The summed E-state index contributed by atoms with van der Waals surface area (Å²) in [4.78, 5) is 15.6. The van der Waals surface area contributed by atoms with Crippen molar-refractivity contribution in [2.75, 3.05) is 5.32 Å². The van der Waals surface area contributed by atoms with Crippen molar-refractivity contribution >= 4 is 29.2 Å². The predicted molar refractivity (Wildman–Crippen MR) is 66.1 cm³/mol. The van der Waals surface area contributed by atoms with Crippen molar-refractivity contribution in [1.82, 2.24) is 19.9 Å². The maximum absolute atomic E-state index is 5.68. The maximum atomic E-state index is 5.68. The molecule has 2 aromatic rings. The Balaban J connectivity index is 2.16. The third kappa shape index (κ3) is 3.25. The number of hydrogen-bond donors (Lipinski definition) is 1. The summed E-state index contributed by atoms with van der Waals surface area (Å²) >= 11 is 11.4. The van der Waals surface area contributed by atoms with Gasteiger partial charge < -0.3 is 5.32 Å². The largest absolute Gasteiger partial charge is 0.347 e. The van der Waals surface area contributed by atoms with Crippen LogP contribution < -0.4 is 5.32 Å². The first-order chi connectivity index (χ1) is 8.15. The molecule has 88 valence electrons. The van der Waals surface area contributed by atoms with E-state index in [2.05, 4.69) is 25.3 Å². The molecule has 0 aliphatic rings. The van der Waals surface area contributed by atoms with Crippen LogP contribution in [0.15, 0.2) is 24.5 Å². The Kier molecular flexibility index (Phi) is 3.71. The van der Waals surface area contributed by atoms with E-state index in [-0.39, 0.29) is 16.6 Å². The number of anilines is 1. The average molecular weight is 270 g/mol. The molecule has 1 unspecified atom stereocenters. The maximum Gasteiger partial charge on any atom is 0.228 e. The first kappa shape index (κ1) is 12.0. The van der Waals surface area contributed by atoms with Crippen LogP contribution in [-0.4, -0.2) is 19.9 Å². The fraction of sp³-hybridized carbons (Fsp3) is 0.200. The van der Waals surface area contributed by atoms with E-state index < -0.39 is 0 Å². The van der Waals surface area contributed by atoms with Crippen LogP contribution in [0, 0.1) is 0 Å². The van der Waals surface area contributed by atoms with Crippen molar-refractivity contribution in [1.29, 1.82) is 0 Å². The minimum Gasteiger partial charge on any atom is -0.347 e. The Hall–Kier alpha value is -1.46. The number of halogens is 2. The molecule has 0 amide bonds. The lowest BCUT2D eigenvalue weighted by atomic mass is 10.1. The van der Waals surface area contributed by atoms with Crippen molar-refractivity contribution in [3.05, 3.63) is 40.7 Å². The predicted octanol–water partition coefficient (Wildman–Crippen LogP) is 2.75. The molecule has 0 spiro atoms. The van der Waals surface area contributed by atoms with Crippen LogP contribution >= 0.6 is 23.2 Å². The molecule has 7 heteroatoms. The Morgan fingerprint density at radius 3 is 2.47 bits per heavy atom. The van der Waals surface area contributed by atoms with Gasteiger partial charge in [-0.1, -0.05) is 6.07 Å². The van der Waals surface area contributed by atoms with E-state index in [9.17, 15) is 0 Å². The normalized spacial score (nSPS) is 12.2. The monoisotopic (exact) mass is 269 g/mol. The minimum atomic E-state index is -0.00164. The summed E-state index contributed by atoms with van der Waals surface area (Å²) in [6, 6.07) is 3.81. The van der Waals surface area contributed by atoms with Gasteiger partial charge in [-0.05, 0) is 41.8 Å². The first-order valence-corrected chi connectivity index (χ1v) is 5.64. The van der Waals surface area contributed by atoms with Gasteiger partial charge in [-0.3, -0.25) is 4.98 Å². The highest BCUT2D eigenvalue weighted by Gasteiger charge is 2.08. The second kappa shape index (κ2) is 5.25. The molecule has 2 rings (SSSR count). The highest BCUT2D eigenvalue weighted by Crippen LogP contribution is 2.17. The van der Waals surface area contributed by atoms with E-state index in [0.29, 0.717) is 5.95 Å². The van der Waals surface area contributed by atoms with Gasteiger partial charge in [0.1, 0.15) is 0 Å². The second-order valence-electron chi connectivity index (χ2n) is 3.35. The fourth-order valence-electron chi connectivity index (χ4n) is 1.30. The van der Waals surface area contributed by atoms with Crippen molar-refractivity contribution in [2.24, 2.45) is 0 Å². The van der Waals surface area contributed by atoms with Crippen molar-refractivity contribution in [3.8, 4) is 0 Å². The lowest BCUT2D eigenvalue weighted by Crippen LogP contribution is -2.10. The molecule has 0 fully saturated rings. The summed E-state index contributed by atoms with van der Waals surface area (Å²) in [7, 11) is 0. The quantitative estimate of drug-likeness (QED) is 0.929. The number of nitrogens with one attached hydrogen (secondary N) is 1. The number of nitrogens with zero attached hydrogens (tertiary/aromatic N) is 4. The van der Waals surface area contributed by atoms with Gasteiger partial charge in [0.05, 0.1) is 6.04 Å². The van der Waals surface area contributed by atoms with Gasteiger partial charge in [-0.25, -0.2) is 0 Å². The molecule has 2 aromatic heterocycles. The number of hydrogen-bond acceptors (Lipinski definition) is 5. The third-order valence-corrected chi connectivity index (χ3v) is 2.45. The Labute approximate surface area is 108 Å². The molecular formula is C10H9Cl2N5. The van der Waals surface area contributed by atoms with Crippen LogP contribution in [0.4, 0.5) is 5.95 Å². The van der Waals surface area contributed by atoms with E-state index in [1.807, 2.05) is 19.1 Å². The lowest BCUT2D eigenvalue weighted by molar-refractivity contribution is 0.847. The zero-order valence-corrected chi connectivity index (χ0v) is 10.4. The van der Waals surface area contributed by atoms with Gasteiger partial charge in [0, 0.05) is 12.4 Å². The summed E-state index contributed by atoms with van der Waals surface area (Å²) in [6.45, 7) is 1.96. The SMILES string of the molecule is CC(Nc1nc(Cl)nc(Cl)n1)c1cccnc1. The van der Waals surface area contributed by atoms with E-state index in [4.69, 9.17) is 23.2 Å². The Morgan fingerprint density at radius 1 is 1.18 bits per heavy atom. The van der Waals surface area contributed by atoms with Crippen molar-refractivity contribution in [3.63, 3.8) is 0 Å². The molecule has 0 aromatic carbocycles. The third-order valence-electron chi connectivity index (χ3n) is 2.11. The van der Waals surface area contributed by atoms with Crippen molar-refractivity contribution in [2.45, 2.75) is 13.0 Å². The van der Waals surface area contributed by atoms with Crippen molar-refractivity contribution < 1.29 is 0 Å². The lowest BCUT2D eigenvalue weighted by Gasteiger charge is -2.13. The molecule has 0 radical (unpaired) electrons. The van der Waals surface area contributed by atoms with Crippen LogP contribution in [-0.2, 0) is 0 Å². The van der Waals surface area contributed by atoms with Crippen LogP contribution in [0.5, 0.6) is 0 Å². The molecule has 0 bridgehead atoms. The molecule has 0 saturated carbocycles. The molecule has 1 atom stereocenters. The van der Waals surface area contributed by atoms with Gasteiger partial charge in [0.25, 0.3) is 0 Å². The fourth-order valence-corrected chi connectivity index (χ4v) is 1.66. The summed E-state index contributed by atoms with van der Waals surface area (Å²) < 4.78 is 0. The van der Waals surface area contributed by atoms with Gasteiger partial charge >= 0.3 is 0 Å². The second-order valence-corrected chi connectivity index (χ2v) is 4.03. The molecule has 5 nitrogen and oxygen atoms in total. The average Bonchev–Trinajstić information content (AvgIpc) is 2.28. The number of rotatable bonds is 3. The smallest absolute Gasteiger partial charge is 0.228 e. The van der Waals surface area contributed by atoms with E-state index in [1.165, 1.54) is 0 Å². The summed E-state index contributed by atoms with van der Waals surface area (Å²) in [5.74, 6) is 0.339. The first-order valence-electron chi connectivity index (χ1n) is 4.88. The van der Waals surface area contributed by atoms with Gasteiger partial charge in [-0.15, -0.1) is 0 Å². The summed E-state index contributed by atoms with van der Waals surface area (Å²) in [5.41, 5.74) is 1.01. The van der Waals surface area contributed by atoms with Crippen LogP contribution in [0.2, 0.25) is 10.6 Å². The molecule has 0 saturated heterocycles. The Bertz CT molecular complexity index is 485. The molecule has 1 N–H and O–H groups in total. The topological polar surface area (TPSA) is 63.6 Å². The van der Waals surface area contributed by atoms with Crippen LogP contribution in [0.25, 0.3) is 0 Å². The Morgan fingerprint density at radius 2 is 1.88 bits per heavy atom. The minimum absolute atomic E-state index is 0.00164. The summed E-state index contributed by atoms with van der Waals surface area (Å²) in [5, 5.41) is 3.19. The number of pyridine rings is 1. The summed E-state index contributed by atoms with van der Waals surface area (Å²) in [6.07, 6.45) is 3.48. The van der Waals surface area contributed by atoms with E-state index in [1.54, 1.807) is 12.4 Å². The van der Waals surface area contributed by atoms with Crippen LogP contribution in [0.1, 0.15) is 18.5 Å². The van der Waals surface area contributed by atoms with E-state index >= 15 is 0 Å². The molecule has 2 heterocycles. The van der Waals surface area contributed by atoms with E-state index in [0.717, 1.165) is 5.56 Å². The highest BCUT2D eigenvalue weighted by atomic mass is 35.5. The highest BCUT2D eigenvalue weighted by molar-refractivity contribution is 6.31. The van der Waals surface area contributed by atoms with Gasteiger partial charge in [-0.2, -0.15) is 15.0 Å². The van der Waals surface area contributed by atoms with Crippen LogP contribution in [0.3, 0.4) is 0 Å².